The largest absolute Gasteiger partial charge is 0.467 e. The first-order valence-electron chi connectivity index (χ1n) is 13.9. The molecule has 5 rings (SSSR count). The number of aliphatic hydroxyl groups excluding tert-OH is 1. The average molecular weight is 586 g/mol. The van der Waals surface area contributed by atoms with Gasteiger partial charge < -0.3 is 43.6 Å². The Balaban J connectivity index is 1.48. The highest BCUT2D eigenvalue weighted by Gasteiger charge is 2.57. The van der Waals surface area contributed by atoms with Crippen molar-refractivity contribution in [2.24, 2.45) is 0 Å². The van der Waals surface area contributed by atoms with Crippen molar-refractivity contribution >= 4 is 18.0 Å². The van der Waals surface area contributed by atoms with Gasteiger partial charge in [0.1, 0.15) is 24.4 Å². The minimum absolute atomic E-state index is 0.0963. The van der Waals surface area contributed by atoms with Crippen LogP contribution < -0.4 is 5.32 Å². The normalized spacial score (nSPS) is 34.0. The Labute approximate surface area is 243 Å². The van der Waals surface area contributed by atoms with E-state index in [2.05, 4.69) is 5.32 Å². The van der Waals surface area contributed by atoms with E-state index in [0.29, 0.717) is 12.0 Å². The number of fused-ring (bicyclic) bond motifs is 1. The van der Waals surface area contributed by atoms with Crippen molar-refractivity contribution in [3.05, 3.63) is 71.8 Å². The lowest BCUT2D eigenvalue weighted by Gasteiger charge is -2.47. The van der Waals surface area contributed by atoms with Gasteiger partial charge in [-0.2, -0.15) is 0 Å². The van der Waals surface area contributed by atoms with E-state index in [9.17, 15) is 19.5 Å². The minimum Gasteiger partial charge on any atom is -0.467 e. The highest BCUT2D eigenvalue weighted by atomic mass is 16.7. The number of hydrogen-bond acceptors (Lipinski definition) is 11. The van der Waals surface area contributed by atoms with Gasteiger partial charge in [-0.15, -0.1) is 0 Å². The van der Waals surface area contributed by atoms with Gasteiger partial charge in [0.2, 0.25) is 0 Å². The van der Waals surface area contributed by atoms with Crippen molar-refractivity contribution < 1.29 is 52.6 Å². The van der Waals surface area contributed by atoms with Gasteiger partial charge in [-0.25, -0.2) is 14.4 Å². The topological polar surface area (TPSA) is 148 Å². The number of amides is 1. The Morgan fingerprint density at radius 1 is 0.976 bits per heavy atom. The summed E-state index contributed by atoms with van der Waals surface area (Å²) >= 11 is 0. The molecule has 3 aliphatic rings. The zero-order valence-electron chi connectivity index (χ0n) is 23.5. The molecule has 0 bridgehead atoms. The van der Waals surface area contributed by atoms with Gasteiger partial charge in [-0.3, -0.25) is 0 Å². The number of ether oxygens (including phenoxy) is 7. The van der Waals surface area contributed by atoms with Crippen molar-refractivity contribution in [3.8, 4) is 0 Å². The molecule has 12 nitrogen and oxygen atoms in total. The summed E-state index contributed by atoms with van der Waals surface area (Å²) < 4.78 is 41.2. The molecule has 3 aliphatic heterocycles. The first kappa shape index (κ1) is 29.9. The summed E-state index contributed by atoms with van der Waals surface area (Å²) in [6.45, 7) is 3.57. The Bertz CT molecular complexity index is 1230. The van der Waals surface area contributed by atoms with Gasteiger partial charge >= 0.3 is 18.0 Å². The molecule has 1 amide bonds. The molecule has 0 radical (unpaired) electrons. The summed E-state index contributed by atoms with van der Waals surface area (Å²) in [7, 11) is 1.22. The van der Waals surface area contributed by atoms with Gasteiger partial charge in [0.15, 0.2) is 24.6 Å². The molecule has 0 saturated carbocycles. The van der Waals surface area contributed by atoms with E-state index >= 15 is 0 Å². The molecule has 3 fully saturated rings. The SMILES string of the molecule is CCC1O[C@@H](O[C@H]2C(C(=O)OC)O[C@H](C)C(OC(=O)c3ccccc3)[C@H]2OCc2ccccc2)C2NC(=O)O[C@H]2[C@@H]1O. The molecule has 42 heavy (non-hydrogen) atoms. The van der Waals surface area contributed by atoms with Gasteiger partial charge in [0.25, 0.3) is 0 Å². The number of methoxy groups -OCH3 is 1. The highest BCUT2D eigenvalue weighted by molar-refractivity contribution is 5.89. The Kier molecular flexibility index (Phi) is 9.39. The number of carbonyl (C=O) groups excluding carboxylic acids is 3. The van der Waals surface area contributed by atoms with Gasteiger partial charge in [-0.1, -0.05) is 55.5 Å². The van der Waals surface area contributed by atoms with Crippen LogP contribution in [0, 0.1) is 0 Å². The predicted octanol–water partition coefficient (Wildman–Crippen LogP) is 2.12. The molecule has 12 heteroatoms. The zero-order valence-corrected chi connectivity index (χ0v) is 23.5. The smallest absolute Gasteiger partial charge is 0.408 e. The summed E-state index contributed by atoms with van der Waals surface area (Å²) in [5.41, 5.74) is 1.15. The van der Waals surface area contributed by atoms with E-state index in [1.54, 1.807) is 37.3 Å². The number of carbonyl (C=O) groups is 3. The molecule has 2 aromatic rings. The molecule has 10 atom stereocenters. The van der Waals surface area contributed by atoms with Crippen LogP contribution in [0.5, 0.6) is 0 Å². The van der Waals surface area contributed by atoms with Crippen LogP contribution >= 0.6 is 0 Å². The van der Waals surface area contributed by atoms with Crippen LogP contribution in [0.25, 0.3) is 0 Å². The molecule has 0 spiro atoms. The molecule has 0 aliphatic carbocycles. The fourth-order valence-electron chi connectivity index (χ4n) is 5.46. The molecule has 226 valence electrons. The first-order valence-corrected chi connectivity index (χ1v) is 13.9. The Morgan fingerprint density at radius 3 is 2.33 bits per heavy atom. The van der Waals surface area contributed by atoms with Crippen molar-refractivity contribution in [2.45, 2.75) is 88.0 Å². The first-order chi connectivity index (χ1) is 20.3. The van der Waals surface area contributed by atoms with Crippen molar-refractivity contribution in [1.29, 1.82) is 0 Å². The standard InChI is InChI=1S/C30H35NO11/c1-4-19-21(32)23-20(31-30(35)42-23)29(39-19)41-25-24(37-15-17-11-7-5-8-12-17)22(16(2)38-26(25)28(34)36-3)40-27(33)18-13-9-6-10-14-18/h5-14,16,19-26,29,32H,4,15H2,1-3H3,(H,31,35)/t16-,19?,20?,21-,22?,23-,24-,25-,26?,29+/m1/s1. The second kappa shape index (κ2) is 13.2. The lowest BCUT2D eigenvalue weighted by molar-refractivity contribution is -0.314. The minimum atomic E-state index is -1.30. The number of nitrogens with one attached hydrogen (secondary N) is 1. The summed E-state index contributed by atoms with van der Waals surface area (Å²) in [6, 6.07) is 16.9. The monoisotopic (exact) mass is 585 g/mol. The summed E-state index contributed by atoms with van der Waals surface area (Å²) in [5.74, 6) is -1.35. The van der Waals surface area contributed by atoms with E-state index in [1.807, 2.05) is 37.3 Å². The van der Waals surface area contributed by atoms with Crippen molar-refractivity contribution in [2.75, 3.05) is 7.11 Å². The molecule has 4 unspecified atom stereocenters. The lowest BCUT2D eigenvalue weighted by atomic mass is 9.93. The fraction of sp³-hybridized carbons (Fsp3) is 0.500. The van der Waals surface area contributed by atoms with Crippen LogP contribution in [-0.2, 0) is 44.6 Å². The number of alkyl carbamates (subject to hydrolysis) is 1. The number of rotatable bonds is 9. The number of esters is 2. The third kappa shape index (κ3) is 6.27. The molecule has 2 aromatic carbocycles. The van der Waals surface area contributed by atoms with Crippen LogP contribution in [0.15, 0.2) is 60.7 Å². The van der Waals surface area contributed by atoms with Gasteiger partial charge in [0, 0.05) is 0 Å². The number of aliphatic hydroxyl groups is 1. The predicted molar refractivity (Wildman–Crippen MR) is 144 cm³/mol. The van der Waals surface area contributed by atoms with Gasteiger partial charge in [0.05, 0.1) is 31.5 Å². The third-order valence-corrected chi connectivity index (χ3v) is 7.64. The van der Waals surface area contributed by atoms with Crippen LogP contribution in [-0.4, -0.2) is 91.4 Å². The maximum Gasteiger partial charge on any atom is 0.408 e. The molecule has 3 saturated heterocycles. The van der Waals surface area contributed by atoms with Crippen molar-refractivity contribution in [1.82, 2.24) is 5.32 Å². The summed E-state index contributed by atoms with van der Waals surface area (Å²) in [6.07, 6.45) is -9.66. The van der Waals surface area contributed by atoms with E-state index in [0.717, 1.165) is 5.56 Å². The summed E-state index contributed by atoms with van der Waals surface area (Å²) in [5, 5.41) is 13.3. The third-order valence-electron chi connectivity index (χ3n) is 7.64. The Hall–Kier alpha value is -3.55. The maximum absolute atomic E-state index is 13.2. The molecule has 0 aromatic heterocycles. The quantitative estimate of drug-likeness (QED) is 0.329. The highest BCUT2D eigenvalue weighted by Crippen LogP contribution is 2.35. The summed E-state index contributed by atoms with van der Waals surface area (Å²) in [4.78, 5) is 38.3. The second-order valence-electron chi connectivity index (χ2n) is 10.4. The second-order valence-corrected chi connectivity index (χ2v) is 10.4. The van der Waals surface area contributed by atoms with Crippen LogP contribution in [0.1, 0.15) is 36.2 Å². The van der Waals surface area contributed by atoms with Crippen LogP contribution in [0.3, 0.4) is 0 Å². The lowest BCUT2D eigenvalue weighted by Crippen LogP contribution is -2.66. The molecule has 2 N–H and O–H groups in total. The van der Waals surface area contributed by atoms with E-state index in [4.69, 9.17) is 33.2 Å². The van der Waals surface area contributed by atoms with Crippen LogP contribution in [0.4, 0.5) is 4.79 Å². The van der Waals surface area contributed by atoms with Crippen molar-refractivity contribution in [3.63, 3.8) is 0 Å². The average Bonchev–Trinajstić information content (AvgIpc) is 3.42. The van der Waals surface area contributed by atoms with E-state index < -0.39 is 79.2 Å². The Morgan fingerprint density at radius 2 is 1.67 bits per heavy atom. The molecular weight excluding hydrogens is 550 g/mol. The zero-order chi connectivity index (χ0) is 29.8. The maximum atomic E-state index is 13.2. The van der Waals surface area contributed by atoms with Crippen LogP contribution in [0.2, 0.25) is 0 Å². The number of hydrogen-bond donors (Lipinski definition) is 2. The molecular formula is C30H35NO11. The van der Waals surface area contributed by atoms with Gasteiger partial charge in [-0.05, 0) is 31.0 Å². The number of benzene rings is 2. The fourth-order valence-corrected chi connectivity index (χ4v) is 5.46. The van der Waals surface area contributed by atoms with E-state index in [1.165, 1.54) is 7.11 Å². The van der Waals surface area contributed by atoms with E-state index in [-0.39, 0.29) is 6.61 Å². The molecule has 3 heterocycles.